The van der Waals surface area contributed by atoms with E-state index in [9.17, 15) is 4.79 Å². The van der Waals surface area contributed by atoms with Gasteiger partial charge in [0.25, 0.3) is 0 Å². The number of benzene rings is 1. The third-order valence-electron chi connectivity index (χ3n) is 2.10. The number of hydrogen-bond donors (Lipinski definition) is 2. The van der Waals surface area contributed by atoms with Crippen molar-refractivity contribution in [3.63, 3.8) is 0 Å². The van der Waals surface area contributed by atoms with E-state index >= 15 is 0 Å². The minimum Gasteiger partial charge on any atom is -0.326 e. The lowest BCUT2D eigenvalue weighted by Crippen LogP contribution is -2.09. The number of allylic oxidation sites excluding steroid dienone is 1. The molecule has 3 heteroatoms. The van der Waals surface area contributed by atoms with Gasteiger partial charge in [0.1, 0.15) is 0 Å². The molecule has 0 aliphatic rings. The first-order valence-corrected chi connectivity index (χ1v) is 4.90. The van der Waals surface area contributed by atoms with E-state index < -0.39 is 0 Å². The van der Waals surface area contributed by atoms with Crippen molar-refractivity contribution >= 4 is 11.6 Å². The molecule has 1 aromatic rings. The first-order chi connectivity index (χ1) is 7.17. The SMILES string of the molecule is C/C=C/C(=O)Nc1ccc(CN)cc1C. The Labute approximate surface area is 90.0 Å². The number of nitrogens with one attached hydrogen (secondary N) is 1. The zero-order valence-electron chi connectivity index (χ0n) is 9.08. The number of nitrogens with two attached hydrogens (primary N) is 1. The Balaban J connectivity index is 2.82. The highest BCUT2D eigenvalue weighted by atomic mass is 16.1. The maximum atomic E-state index is 11.3. The molecule has 0 aliphatic heterocycles. The van der Waals surface area contributed by atoms with E-state index in [1.807, 2.05) is 32.0 Å². The second-order valence-corrected chi connectivity index (χ2v) is 3.34. The molecule has 80 valence electrons. The Morgan fingerprint density at radius 3 is 2.80 bits per heavy atom. The molecule has 0 radical (unpaired) electrons. The van der Waals surface area contributed by atoms with Crippen molar-refractivity contribution in [1.82, 2.24) is 0 Å². The summed E-state index contributed by atoms with van der Waals surface area (Å²) in [6.45, 7) is 4.28. The Kier molecular flexibility index (Phi) is 4.06. The minimum absolute atomic E-state index is 0.110. The lowest BCUT2D eigenvalue weighted by molar-refractivity contribution is -0.111. The predicted molar refractivity (Wildman–Crippen MR) is 62.5 cm³/mol. The van der Waals surface area contributed by atoms with Crippen LogP contribution < -0.4 is 11.1 Å². The monoisotopic (exact) mass is 204 g/mol. The van der Waals surface area contributed by atoms with Gasteiger partial charge >= 0.3 is 0 Å². The van der Waals surface area contributed by atoms with Gasteiger partial charge in [0, 0.05) is 12.2 Å². The fraction of sp³-hybridized carbons (Fsp3) is 0.250. The molecule has 0 spiro atoms. The Morgan fingerprint density at radius 1 is 1.53 bits per heavy atom. The van der Waals surface area contributed by atoms with Gasteiger partial charge in [-0.05, 0) is 37.1 Å². The van der Waals surface area contributed by atoms with Crippen LogP contribution in [0.1, 0.15) is 18.1 Å². The second-order valence-electron chi connectivity index (χ2n) is 3.34. The van der Waals surface area contributed by atoms with E-state index in [2.05, 4.69) is 5.32 Å². The van der Waals surface area contributed by atoms with Gasteiger partial charge in [-0.1, -0.05) is 18.2 Å². The molecular weight excluding hydrogens is 188 g/mol. The van der Waals surface area contributed by atoms with Gasteiger partial charge in [-0.25, -0.2) is 0 Å². The first-order valence-electron chi connectivity index (χ1n) is 4.90. The molecule has 0 atom stereocenters. The van der Waals surface area contributed by atoms with E-state index in [1.54, 1.807) is 6.08 Å². The maximum Gasteiger partial charge on any atom is 0.248 e. The normalized spacial score (nSPS) is 10.6. The summed E-state index contributed by atoms with van der Waals surface area (Å²) >= 11 is 0. The highest BCUT2D eigenvalue weighted by Crippen LogP contribution is 2.16. The summed E-state index contributed by atoms with van der Waals surface area (Å²) in [7, 11) is 0. The molecular formula is C12H16N2O. The topological polar surface area (TPSA) is 55.1 Å². The van der Waals surface area contributed by atoms with Crippen LogP contribution in [0.5, 0.6) is 0 Å². The zero-order valence-corrected chi connectivity index (χ0v) is 9.08. The number of rotatable bonds is 3. The van der Waals surface area contributed by atoms with Gasteiger partial charge in [-0.15, -0.1) is 0 Å². The average molecular weight is 204 g/mol. The molecule has 0 bridgehead atoms. The number of carbonyl (C=O) groups excluding carboxylic acids is 1. The fourth-order valence-electron chi connectivity index (χ4n) is 1.32. The molecule has 0 fully saturated rings. The summed E-state index contributed by atoms with van der Waals surface area (Å²) < 4.78 is 0. The van der Waals surface area contributed by atoms with Gasteiger partial charge in [-0.3, -0.25) is 4.79 Å². The van der Waals surface area contributed by atoms with E-state index in [0.717, 1.165) is 16.8 Å². The van der Waals surface area contributed by atoms with Crippen molar-refractivity contribution in [1.29, 1.82) is 0 Å². The van der Waals surface area contributed by atoms with Crippen LogP contribution in [0.15, 0.2) is 30.4 Å². The molecule has 1 aromatic carbocycles. The van der Waals surface area contributed by atoms with Crippen LogP contribution in [0.4, 0.5) is 5.69 Å². The minimum atomic E-state index is -0.110. The molecule has 0 aliphatic carbocycles. The number of anilines is 1. The molecule has 0 saturated carbocycles. The predicted octanol–water partition coefficient (Wildman–Crippen LogP) is 1.97. The van der Waals surface area contributed by atoms with E-state index in [1.165, 1.54) is 6.08 Å². The molecule has 15 heavy (non-hydrogen) atoms. The van der Waals surface area contributed by atoms with Crippen molar-refractivity contribution in [3.05, 3.63) is 41.5 Å². The molecule has 3 nitrogen and oxygen atoms in total. The van der Waals surface area contributed by atoms with Gasteiger partial charge in [-0.2, -0.15) is 0 Å². The summed E-state index contributed by atoms with van der Waals surface area (Å²) in [5.74, 6) is -0.110. The summed E-state index contributed by atoms with van der Waals surface area (Å²) in [6.07, 6.45) is 3.20. The van der Waals surface area contributed by atoms with E-state index in [0.29, 0.717) is 6.54 Å². The molecule has 0 saturated heterocycles. The summed E-state index contributed by atoms with van der Waals surface area (Å²) in [5.41, 5.74) is 8.44. The van der Waals surface area contributed by atoms with Gasteiger partial charge < -0.3 is 11.1 Å². The van der Waals surface area contributed by atoms with Crippen molar-refractivity contribution in [3.8, 4) is 0 Å². The average Bonchev–Trinajstić information content (AvgIpc) is 2.21. The quantitative estimate of drug-likeness (QED) is 0.739. The second kappa shape index (κ2) is 5.32. The highest BCUT2D eigenvalue weighted by molar-refractivity contribution is 5.99. The lowest BCUT2D eigenvalue weighted by atomic mass is 10.1. The highest BCUT2D eigenvalue weighted by Gasteiger charge is 2.01. The van der Waals surface area contributed by atoms with Crippen LogP contribution in [0, 0.1) is 6.92 Å². The molecule has 1 rings (SSSR count). The summed E-state index contributed by atoms with van der Waals surface area (Å²) in [4.78, 5) is 11.3. The van der Waals surface area contributed by atoms with Crippen LogP contribution >= 0.6 is 0 Å². The Morgan fingerprint density at radius 2 is 2.27 bits per heavy atom. The van der Waals surface area contributed by atoms with Crippen LogP contribution in [0.3, 0.4) is 0 Å². The first kappa shape index (κ1) is 11.5. The van der Waals surface area contributed by atoms with Crippen LogP contribution in [0.2, 0.25) is 0 Å². The van der Waals surface area contributed by atoms with E-state index in [4.69, 9.17) is 5.73 Å². The van der Waals surface area contributed by atoms with Crippen molar-refractivity contribution in [2.75, 3.05) is 5.32 Å². The smallest absolute Gasteiger partial charge is 0.248 e. The van der Waals surface area contributed by atoms with E-state index in [-0.39, 0.29) is 5.91 Å². The molecule has 0 aromatic heterocycles. The maximum absolute atomic E-state index is 11.3. The standard InChI is InChI=1S/C12H16N2O/c1-3-4-12(15)14-11-6-5-10(8-13)7-9(11)2/h3-7H,8,13H2,1-2H3,(H,14,15)/b4-3+. The summed E-state index contributed by atoms with van der Waals surface area (Å²) in [6, 6.07) is 5.77. The largest absolute Gasteiger partial charge is 0.326 e. The zero-order chi connectivity index (χ0) is 11.3. The van der Waals surface area contributed by atoms with Crippen molar-refractivity contribution in [2.24, 2.45) is 5.73 Å². The van der Waals surface area contributed by atoms with Gasteiger partial charge in [0.2, 0.25) is 5.91 Å². The molecule has 0 heterocycles. The van der Waals surface area contributed by atoms with Gasteiger partial charge in [0.05, 0.1) is 0 Å². The van der Waals surface area contributed by atoms with Crippen molar-refractivity contribution < 1.29 is 4.79 Å². The van der Waals surface area contributed by atoms with Crippen LogP contribution in [-0.2, 0) is 11.3 Å². The van der Waals surface area contributed by atoms with Crippen LogP contribution in [0.25, 0.3) is 0 Å². The number of aryl methyl sites for hydroxylation is 1. The Bertz CT molecular complexity index is 383. The van der Waals surface area contributed by atoms with Gasteiger partial charge in [0.15, 0.2) is 0 Å². The van der Waals surface area contributed by atoms with Crippen LogP contribution in [-0.4, -0.2) is 5.91 Å². The third-order valence-corrected chi connectivity index (χ3v) is 2.10. The Hall–Kier alpha value is -1.61. The lowest BCUT2D eigenvalue weighted by Gasteiger charge is -2.07. The number of amides is 1. The molecule has 3 N–H and O–H groups in total. The number of carbonyl (C=O) groups is 1. The fourth-order valence-corrected chi connectivity index (χ4v) is 1.32. The third kappa shape index (κ3) is 3.22. The number of hydrogen-bond acceptors (Lipinski definition) is 2. The van der Waals surface area contributed by atoms with Crippen molar-refractivity contribution in [2.45, 2.75) is 20.4 Å². The molecule has 1 amide bonds. The molecule has 0 unspecified atom stereocenters. The summed E-state index contributed by atoms with van der Waals surface area (Å²) in [5, 5.41) is 2.80.